The molecule has 0 bridgehead atoms. The molecule has 8 heteroatoms. The van der Waals surface area contributed by atoms with E-state index in [4.69, 9.17) is 4.74 Å². The van der Waals surface area contributed by atoms with Gasteiger partial charge in [0.25, 0.3) is 5.78 Å². The molecule has 2 heterocycles. The highest BCUT2D eigenvalue weighted by Gasteiger charge is 2.18. The molecule has 0 radical (unpaired) electrons. The fourth-order valence-corrected chi connectivity index (χ4v) is 3.66. The third kappa shape index (κ3) is 3.90. The summed E-state index contributed by atoms with van der Waals surface area (Å²) in [5.74, 6) is 2.41. The molecular formula is C20H24N6O2. The second kappa shape index (κ2) is 8.24. The van der Waals surface area contributed by atoms with Gasteiger partial charge in [0, 0.05) is 6.20 Å². The maximum Gasteiger partial charge on any atom is 0.254 e. The maximum atomic E-state index is 6.15. The van der Waals surface area contributed by atoms with Crippen LogP contribution in [0.1, 0.15) is 55.9 Å². The zero-order chi connectivity index (χ0) is 19.3. The van der Waals surface area contributed by atoms with Gasteiger partial charge in [-0.15, -0.1) is 5.10 Å². The molecule has 0 amide bonds. The van der Waals surface area contributed by atoms with Gasteiger partial charge in [-0.2, -0.15) is 9.50 Å². The quantitative estimate of drug-likeness (QED) is 0.380. The predicted octanol–water partition coefficient (Wildman–Crippen LogP) is 3.92. The number of rotatable bonds is 7. The van der Waals surface area contributed by atoms with Gasteiger partial charge in [-0.05, 0) is 49.4 Å². The average molecular weight is 380 g/mol. The van der Waals surface area contributed by atoms with E-state index in [0.717, 1.165) is 11.4 Å². The van der Waals surface area contributed by atoms with E-state index in [1.165, 1.54) is 44.7 Å². The monoisotopic (exact) mass is 380 g/mol. The number of aromatic nitrogens is 4. The molecule has 8 nitrogen and oxygen atoms in total. The summed E-state index contributed by atoms with van der Waals surface area (Å²) < 4.78 is 7.82. The van der Waals surface area contributed by atoms with Gasteiger partial charge in [0.1, 0.15) is 25.3 Å². The van der Waals surface area contributed by atoms with Crippen LogP contribution in [0, 0.1) is 0 Å². The highest BCUT2D eigenvalue weighted by molar-refractivity contribution is 5.71. The number of anilines is 1. The fraction of sp³-hybridized carbons (Fsp3) is 0.400. The van der Waals surface area contributed by atoms with Crippen LogP contribution in [-0.4, -0.2) is 33.0 Å². The fourth-order valence-electron chi connectivity index (χ4n) is 3.66. The van der Waals surface area contributed by atoms with Gasteiger partial charge < -0.3 is 14.9 Å². The van der Waals surface area contributed by atoms with Crippen molar-refractivity contribution >= 4 is 18.1 Å². The molecule has 1 aliphatic carbocycles. The number of oxime groups is 1. The van der Waals surface area contributed by atoms with Crippen molar-refractivity contribution < 1.29 is 9.57 Å². The van der Waals surface area contributed by atoms with Crippen LogP contribution in [0.2, 0.25) is 0 Å². The highest BCUT2D eigenvalue weighted by atomic mass is 16.6. The summed E-state index contributed by atoms with van der Waals surface area (Å²) in [6.07, 6.45) is 8.13. The van der Waals surface area contributed by atoms with Gasteiger partial charge in [-0.25, -0.2) is 4.98 Å². The van der Waals surface area contributed by atoms with Crippen LogP contribution >= 0.6 is 0 Å². The van der Waals surface area contributed by atoms with Crippen molar-refractivity contribution in [2.75, 3.05) is 12.4 Å². The Bertz CT molecular complexity index is 947. The standard InChI is InChI=1S/C20H24N6O2/c1-14(28-17-9-7-16(8-10-17)15-5-3-4-6-15)18-11-12-21-20-24-19(25-26(18)20)22-13-23-27-2/h7-15H,3-6H2,1-2H3,(H,22,23,25). The van der Waals surface area contributed by atoms with E-state index >= 15 is 0 Å². The lowest BCUT2D eigenvalue weighted by molar-refractivity contribution is 0.215. The van der Waals surface area contributed by atoms with Gasteiger partial charge in [0.05, 0.1) is 5.69 Å². The molecule has 1 atom stereocenters. The first kappa shape index (κ1) is 18.2. The van der Waals surface area contributed by atoms with Crippen molar-refractivity contribution in [3.63, 3.8) is 0 Å². The van der Waals surface area contributed by atoms with Crippen LogP contribution < -0.4 is 10.1 Å². The number of ether oxygens (including phenoxy) is 1. The van der Waals surface area contributed by atoms with Gasteiger partial charge >= 0.3 is 0 Å². The third-order valence-corrected chi connectivity index (χ3v) is 5.06. The Balaban J connectivity index is 1.50. The Morgan fingerprint density at radius 1 is 1.21 bits per heavy atom. The number of nitrogens with one attached hydrogen (secondary N) is 1. The van der Waals surface area contributed by atoms with E-state index in [9.17, 15) is 0 Å². The molecule has 1 saturated carbocycles. The van der Waals surface area contributed by atoms with E-state index < -0.39 is 0 Å². The van der Waals surface area contributed by atoms with Crippen LogP contribution in [0.3, 0.4) is 0 Å². The van der Waals surface area contributed by atoms with E-state index in [0.29, 0.717) is 17.6 Å². The minimum atomic E-state index is -0.218. The summed E-state index contributed by atoms with van der Waals surface area (Å²) in [6.45, 7) is 1.99. The molecule has 2 aromatic heterocycles. The molecule has 28 heavy (non-hydrogen) atoms. The van der Waals surface area contributed by atoms with Gasteiger partial charge in [-0.3, -0.25) is 0 Å². The first-order valence-electron chi connectivity index (χ1n) is 9.54. The van der Waals surface area contributed by atoms with Crippen LogP contribution in [-0.2, 0) is 4.84 Å². The zero-order valence-electron chi connectivity index (χ0n) is 16.1. The molecule has 0 saturated heterocycles. The van der Waals surface area contributed by atoms with Crippen molar-refractivity contribution in [1.82, 2.24) is 19.6 Å². The number of hydrogen-bond donors (Lipinski definition) is 1. The molecule has 1 aliphatic rings. The van der Waals surface area contributed by atoms with Crippen LogP contribution in [0.15, 0.2) is 41.7 Å². The Morgan fingerprint density at radius 2 is 2.00 bits per heavy atom. The van der Waals surface area contributed by atoms with Gasteiger partial charge in [-0.1, -0.05) is 30.1 Å². The van der Waals surface area contributed by atoms with Crippen molar-refractivity contribution in [2.24, 2.45) is 5.16 Å². The molecule has 4 rings (SSSR count). The number of benzene rings is 1. The number of fused-ring (bicyclic) bond motifs is 1. The van der Waals surface area contributed by atoms with Crippen LogP contribution in [0.4, 0.5) is 5.95 Å². The lowest BCUT2D eigenvalue weighted by atomic mass is 9.98. The number of hydrogen-bond acceptors (Lipinski definition) is 6. The SMILES string of the molecule is CO/N=C\Nc1nc2nccc(C(C)Oc3ccc(C4CCCC4)cc3)n2n1. The molecule has 1 aromatic carbocycles. The Labute approximate surface area is 163 Å². The second-order valence-corrected chi connectivity index (χ2v) is 6.89. The summed E-state index contributed by atoms with van der Waals surface area (Å²) in [4.78, 5) is 13.2. The summed E-state index contributed by atoms with van der Waals surface area (Å²) in [5, 5.41) is 10.9. The van der Waals surface area contributed by atoms with Crippen molar-refractivity contribution in [3.05, 3.63) is 47.8 Å². The van der Waals surface area contributed by atoms with E-state index in [1.807, 2.05) is 13.0 Å². The van der Waals surface area contributed by atoms with Gasteiger partial charge in [0.2, 0.25) is 5.95 Å². The highest BCUT2D eigenvalue weighted by Crippen LogP contribution is 2.35. The first-order chi connectivity index (χ1) is 13.7. The van der Waals surface area contributed by atoms with E-state index in [2.05, 4.69) is 54.6 Å². The predicted molar refractivity (Wildman–Crippen MR) is 107 cm³/mol. The molecule has 0 spiro atoms. The molecule has 1 unspecified atom stereocenters. The summed E-state index contributed by atoms with van der Waals surface area (Å²) >= 11 is 0. The smallest absolute Gasteiger partial charge is 0.254 e. The molecule has 0 aliphatic heterocycles. The topological polar surface area (TPSA) is 85.9 Å². The Kier molecular flexibility index (Phi) is 5.36. The minimum Gasteiger partial charge on any atom is -0.484 e. The first-order valence-corrected chi connectivity index (χ1v) is 9.54. The average Bonchev–Trinajstić information content (AvgIpc) is 3.38. The number of nitrogens with zero attached hydrogens (tertiary/aromatic N) is 5. The maximum absolute atomic E-state index is 6.15. The Hall–Kier alpha value is -3.16. The van der Waals surface area contributed by atoms with Gasteiger partial charge in [0.15, 0.2) is 0 Å². The van der Waals surface area contributed by atoms with Crippen molar-refractivity contribution in [2.45, 2.75) is 44.6 Å². The summed E-state index contributed by atoms with van der Waals surface area (Å²) in [5.41, 5.74) is 2.27. The lowest BCUT2D eigenvalue weighted by Crippen LogP contribution is -2.10. The van der Waals surface area contributed by atoms with Crippen molar-refractivity contribution in [3.8, 4) is 5.75 Å². The minimum absolute atomic E-state index is 0.218. The van der Waals surface area contributed by atoms with Crippen molar-refractivity contribution in [1.29, 1.82) is 0 Å². The third-order valence-electron chi connectivity index (χ3n) is 5.06. The molecule has 1 N–H and O–H groups in total. The summed E-state index contributed by atoms with van der Waals surface area (Å²) in [7, 11) is 1.47. The zero-order valence-corrected chi connectivity index (χ0v) is 16.1. The Morgan fingerprint density at radius 3 is 2.75 bits per heavy atom. The largest absolute Gasteiger partial charge is 0.484 e. The van der Waals surface area contributed by atoms with Crippen LogP contribution in [0.5, 0.6) is 5.75 Å². The lowest BCUT2D eigenvalue weighted by Gasteiger charge is -2.16. The molecule has 1 fully saturated rings. The van der Waals surface area contributed by atoms with Crippen LogP contribution in [0.25, 0.3) is 5.78 Å². The van der Waals surface area contributed by atoms with E-state index in [1.54, 1.807) is 10.7 Å². The molecule has 146 valence electrons. The summed E-state index contributed by atoms with van der Waals surface area (Å²) in [6, 6.07) is 10.4. The van der Waals surface area contributed by atoms with E-state index in [-0.39, 0.29) is 6.10 Å². The normalized spacial score (nSPS) is 15.9. The molecule has 3 aromatic rings. The second-order valence-electron chi connectivity index (χ2n) is 6.89. The molecular weight excluding hydrogens is 356 g/mol.